The first-order valence-electron chi connectivity index (χ1n) is 6.02. The Morgan fingerprint density at radius 3 is 2.94 bits per heavy atom. The Hall–Kier alpha value is -2.04. The van der Waals surface area contributed by atoms with Crippen molar-refractivity contribution in [2.24, 2.45) is 0 Å². The second-order valence-corrected chi connectivity index (χ2v) is 4.32. The highest BCUT2D eigenvalue weighted by molar-refractivity contribution is 5.97. The van der Waals surface area contributed by atoms with Crippen molar-refractivity contribution in [3.05, 3.63) is 29.3 Å². The van der Waals surface area contributed by atoms with Crippen LogP contribution in [0.2, 0.25) is 0 Å². The van der Waals surface area contributed by atoms with E-state index in [4.69, 9.17) is 5.11 Å². The molecule has 1 amide bonds. The number of carbonyl (C=O) groups is 2. The summed E-state index contributed by atoms with van der Waals surface area (Å²) in [4.78, 5) is 22.8. The first kappa shape index (κ1) is 12.4. The molecule has 0 fully saturated rings. The molecule has 0 aromatic heterocycles. The van der Waals surface area contributed by atoms with Crippen LogP contribution in [0.5, 0.6) is 0 Å². The van der Waals surface area contributed by atoms with Crippen molar-refractivity contribution in [3.63, 3.8) is 0 Å². The molecule has 5 heteroatoms. The van der Waals surface area contributed by atoms with Crippen LogP contribution < -0.4 is 10.6 Å². The fourth-order valence-corrected chi connectivity index (χ4v) is 2.01. The molecule has 1 atom stereocenters. The van der Waals surface area contributed by atoms with E-state index < -0.39 is 12.0 Å². The van der Waals surface area contributed by atoms with Gasteiger partial charge in [-0.15, -0.1) is 0 Å². The van der Waals surface area contributed by atoms with Crippen molar-refractivity contribution in [2.45, 2.75) is 25.8 Å². The Morgan fingerprint density at radius 2 is 2.28 bits per heavy atom. The third-order valence-corrected chi connectivity index (χ3v) is 3.09. The Morgan fingerprint density at radius 1 is 1.50 bits per heavy atom. The van der Waals surface area contributed by atoms with E-state index in [0.29, 0.717) is 12.0 Å². The second-order valence-electron chi connectivity index (χ2n) is 4.32. The van der Waals surface area contributed by atoms with Gasteiger partial charge in [-0.3, -0.25) is 4.79 Å². The number of rotatable bonds is 4. The van der Waals surface area contributed by atoms with Crippen molar-refractivity contribution in [2.75, 3.05) is 11.9 Å². The van der Waals surface area contributed by atoms with Gasteiger partial charge in [-0.05, 0) is 30.5 Å². The summed E-state index contributed by atoms with van der Waals surface area (Å²) in [6, 6.07) is 4.58. The minimum absolute atomic E-state index is 0.347. The molecule has 0 radical (unpaired) electrons. The van der Waals surface area contributed by atoms with Crippen LogP contribution >= 0.6 is 0 Å². The number of carbonyl (C=O) groups excluding carboxylic acids is 1. The van der Waals surface area contributed by atoms with Gasteiger partial charge in [0.15, 0.2) is 0 Å². The molecule has 0 unspecified atom stereocenters. The minimum atomic E-state index is -1.01. The SMILES string of the molecule is CC[C@H](NC(=O)c1ccc2c(c1)NCC2)C(=O)O. The summed E-state index contributed by atoms with van der Waals surface area (Å²) < 4.78 is 0. The Balaban J connectivity index is 2.12. The smallest absolute Gasteiger partial charge is 0.326 e. The minimum Gasteiger partial charge on any atom is -0.480 e. The molecule has 1 aromatic rings. The highest BCUT2D eigenvalue weighted by Crippen LogP contribution is 2.23. The van der Waals surface area contributed by atoms with Crippen molar-refractivity contribution in [1.29, 1.82) is 0 Å². The van der Waals surface area contributed by atoms with Gasteiger partial charge in [0.1, 0.15) is 6.04 Å². The van der Waals surface area contributed by atoms with Crippen LogP contribution in [0.4, 0.5) is 5.69 Å². The van der Waals surface area contributed by atoms with E-state index in [1.165, 1.54) is 5.56 Å². The zero-order valence-corrected chi connectivity index (χ0v) is 10.2. The summed E-state index contributed by atoms with van der Waals surface area (Å²) in [5.41, 5.74) is 2.64. The number of aliphatic carboxylic acids is 1. The van der Waals surface area contributed by atoms with Crippen LogP contribution in [0, 0.1) is 0 Å². The maximum atomic E-state index is 11.9. The summed E-state index contributed by atoms with van der Waals surface area (Å²) in [7, 11) is 0. The van der Waals surface area contributed by atoms with E-state index in [0.717, 1.165) is 18.7 Å². The van der Waals surface area contributed by atoms with Gasteiger partial charge in [0, 0.05) is 17.8 Å². The van der Waals surface area contributed by atoms with Gasteiger partial charge in [-0.25, -0.2) is 4.79 Å². The molecule has 0 saturated heterocycles. The number of hydrogen-bond acceptors (Lipinski definition) is 3. The lowest BCUT2D eigenvalue weighted by Gasteiger charge is -2.12. The highest BCUT2D eigenvalue weighted by atomic mass is 16.4. The van der Waals surface area contributed by atoms with Gasteiger partial charge in [0.05, 0.1) is 0 Å². The van der Waals surface area contributed by atoms with Gasteiger partial charge in [0.2, 0.25) is 0 Å². The van der Waals surface area contributed by atoms with Crippen LogP contribution in [0.25, 0.3) is 0 Å². The predicted octanol–water partition coefficient (Wildman–Crippen LogP) is 1.25. The fraction of sp³-hybridized carbons (Fsp3) is 0.385. The zero-order chi connectivity index (χ0) is 13.1. The molecular formula is C13H16N2O3. The molecule has 1 aliphatic rings. The summed E-state index contributed by atoms with van der Waals surface area (Å²) in [5, 5.41) is 14.6. The number of amides is 1. The molecule has 1 aliphatic heterocycles. The maximum Gasteiger partial charge on any atom is 0.326 e. The maximum absolute atomic E-state index is 11.9. The first-order valence-corrected chi connectivity index (χ1v) is 6.02. The summed E-state index contributed by atoms with van der Waals surface area (Å²) >= 11 is 0. The number of carboxylic acid groups (broad SMARTS) is 1. The molecular weight excluding hydrogens is 232 g/mol. The number of hydrogen-bond donors (Lipinski definition) is 3. The third kappa shape index (κ3) is 2.45. The number of nitrogens with one attached hydrogen (secondary N) is 2. The first-order chi connectivity index (χ1) is 8.61. The molecule has 96 valence electrons. The molecule has 0 bridgehead atoms. The lowest BCUT2D eigenvalue weighted by atomic mass is 10.1. The molecule has 1 aromatic carbocycles. The zero-order valence-electron chi connectivity index (χ0n) is 10.2. The second kappa shape index (κ2) is 5.08. The molecule has 18 heavy (non-hydrogen) atoms. The number of fused-ring (bicyclic) bond motifs is 1. The van der Waals surface area contributed by atoms with Crippen LogP contribution in [0.3, 0.4) is 0 Å². The Kier molecular flexibility index (Phi) is 3.50. The molecule has 2 rings (SSSR count). The Labute approximate surface area is 105 Å². The fourth-order valence-electron chi connectivity index (χ4n) is 2.01. The van der Waals surface area contributed by atoms with Gasteiger partial charge in [-0.1, -0.05) is 13.0 Å². The average Bonchev–Trinajstić information content (AvgIpc) is 2.82. The third-order valence-electron chi connectivity index (χ3n) is 3.09. The van der Waals surface area contributed by atoms with Crippen molar-refractivity contribution in [1.82, 2.24) is 5.32 Å². The number of benzene rings is 1. The largest absolute Gasteiger partial charge is 0.480 e. The summed E-state index contributed by atoms with van der Waals surface area (Å²) in [6.45, 7) is 2.61. The van der Waals surface area contributed by atoms with E-state index >= 15 is 0 Å². The van der Waals surface area contributed by atoms with Crippen LogP contribution in [-0.4, -0.2) is 29.6 Å². The average molecular weight is 248 g/mol. The lowest BCUT2D eigenvalue weighted by Crippen LogP contribution is -2.40. The number of anilines is 1. The normalized spacial score (nSPS) is 14.5. The quantitative estimate of drug-likeness (QED) is 0.749. The van der Waals surface area contributed by atoms with E-state index in [9.17, 15) is 9.59 Å². The predicted molar refractivity (Wildman–Crippen MR) is 67.8 cm³/mol. The van der Waals surface area contributed by atoms with E-state index in [1.807, 2.05) is 6.07 Å². The van der Waals surface area contributed by atoms with Gasteiger partial charge in [-0.2, -0.15) is 0 Å². The molecule has 3 N–H and O–H groups in total. The van der Waals surface area contributed by atoms with Crippen LogP contribution in [0.15, 0.2) is 18.2 Å². The molecule has 0 saturated carbocycles. The monoisotopic (exact) mass is 248 g/mol. The van der Waals surface area contributed by atoms with Gasteiger partial charge in [0.25, 0.3) is 5.91 Å². The van der Waals surface area contributed by atoms with E-state index in [1.54, 1.807) is 19.1 Å². The highest BCUT2D eigenvalue weighted by Gasteiger charge is 2.19. The lowest BCUT2D eigenvalue weighted by molar-refractivity contribution is -0.139. The molecule has 5 nitrogen and oxygen atoms in total. The standard InChI is InChI=1S/C13H16N2O3/c1-2-10(13(17)18)15-12(16)9-4-3-8-5-6-14-11(8)7-9/h3-4,7,10,14H,2,5-6H2,1H3,(H,15,16)(H,17,18)/t10-/m0/s1. The van der Waals surface area contributed by atoms with Crippen molar-refractivity contribution >= 4 is 17.6 Å². The summed E-state index contributed by atoms with van der Waals surface area (Å²) in [6.07, 6.45) is 1.33. The van der Waals surface area contributed by atoms with Crippen molar-refractivity contribution < 1.29 is 14.7 Å². The molecule has 1 heterocycles. The molecule has 0 aliphatic carbocycles. The van der Waals surface area contributed by atoms with Gasteiger partial charge < -0.3 is 15.7 Å². The topological polar surface area (TPSA) is 78.4 Å². The molecule has 0 spiro atoms. The van der Waals surface area contributed by atoms with Crippen LogP contribution in [-0.2, 0) is 11.2 Å². The summed E-state index contributed by atoms with van der Waals surface area (Å²) in [5.74, 6) is -1.36. The number of carboxylic acids is 1. The van der Waals surface area contributed by atoms with Gasteiger partial charge >= 0.3 is 5.97 Å². The van der Waals surface area contributed by atoms with E-state index in [2.05, 4.69) is 10.6 Å². The Bertz CT molecular complexity index is 485. The van der Waals surface area contributed by atoms with E-state index in [-0.39, 0.29) is 5.91 Å². The van der Waals surface area contributed by atoms with Crippen LogP contribution in [0.1, 0.15) is 29.3 Å². The van der Waals surface area contributed by atoms with Crippen molar-refractivity contribution in [3.8, 4) is 0 Å².